The van der Waals surface area contributed by atoms with Gasteiger partial charge in [0.05, 0.1) is 5.69 Å². The average Bonchev–Trinajstić information content (AvgIpc) is 2.47. The highest BCUT2D eigenvalue weighted by atomic mass is 16.3. The van der Waals surface area contributed by atoms with Crippen LogP contribution in [0.5, 0.6) is 5.88 Å². The van der Waals surface area contributed by atoms with E-state index >= 15 is 0 Å². The number of azo groups is 1. The quantitative estimate of drug-likeness (QED) is 0.867. The molecule has 2 rings (SSSR count). The molecule has 0 saturated heterocycles. The van der Waals surface area contributed by atoms with Gasteiger partial charge in [-0.15, -0.1) is 5.11 Å². The Morgan fingerprint density at radius 1 is 1.26 bits per heavy atom. The molecule has 0 aliphatic carbocycles. The number of rotatable bonds is 3. The first kappa shape index (κ1) is 16.4. The molecule has 0 unspecified atom stereocenters. The maximum atomic E-state index is 12.5. The van der Waals surface area contributed by atoms with Gasteiger partial charge in [0, 0.05) is 11.6 Å². The normalized spacial score (nSPS) is 11.1. The van der Waals surface area contributed by atoms with Gasteiger partial charge < -0.3 is 5.11 Å². The van der Waals surface area contributed by atoms with Crippen LogP contribution < -0.4 is 5.56 Å². The van der Waals surface area contributed by atoms with Crippen LogP contribution in [0.25, 0.3) is 0 Å². The van der Waals surface area contributed by atoms with Gasteiger partial charge in [0.25, 0.3) is 5.56 Å². The van der Waals surface area contributed by atoms with Crippen LogP contribution in [0.15, 0.2) is 39.3 Å². The lowest BCUT2D eigenvalue weighted by Gasteiger charge is -2.15. The summed E-state index contributed by atoms with van der Waals surface area (Å²) in [5, 5.41) is 27.5. The third-order valence-corrected chi connectivity index (χ3v) is 3.50. The average molecular weight is 310 g/mol. The molecule has 1 aromatic heterocycles. The van der Waals surface area contributed by atoms with E-state index in [0.717, 1.165) is 10.1 Å². The molecule has 0 aliphatic rings. The lowest BCUT2D eigenvalue weighted by molar-refractivity contribution is 0.386. The molecular formula is C17H18N4O2. The second-order valence-electron chi connectivity index (χ2n) is 5.59. The van der Waals surface area contributed by atoms with E-state index in [1.807, 2.05) is 31.2 Å². The molecule has 0 fully saturated rings. The minimum Gasteiger partial charge on any atom is -0.493 e. The Balaban J connectivity index is 2.65. The third kappa shape index (κ3) is 3.14. The topological polar surface area (TPSA) is 90.7 Å². The van der Waals surface area contributed by atoms with Gasteiger partial charge >= 0.3 is 0 Å². The summed E-state index contributed by atoms with van der Waals surface area (Å²) in [5.41, 5.74) is 1.60. The minimum absolute atomic E-state index is 0.0384. The predicted molar refractivity (Wildman–Crippen MR) is 87.6 cm³/mol. The Kier molecular flexibility index (Phi) is 4.60. The zero-order chi connectivity index (χ0) is 17.1. The lowest BCUT2D eigenvalue weighted by atomic mass is 10.1. The van der Waals surface area contributed by atoms with E-state index < -0.39 is 5.56 Å². The molecule has 23 heavy (non-hydrogen) atoms. The molecule has 6 nitrogen and oxygen atoms in total. The van der Waals surface area contributed by atoms with Crippen molar-refractivity contribution >= 4 is 11.4 Å². The molecule has 0 saturated carbocycles. The zero-order valence-corrected chi connectivity index (χ0v) is 13.5. The summed E-state index contributed by atoms with van der Waals surface area (Å²) in [6, 6.07) is 9.02. The zero-order valence-electron chi connectivity index (χ0n) is 13.5. The first-order valence-corrected chi connectivity index (χ1v) is 7.23. The highest BCUT2D eigenvalue weighted by Gasteiger charge is 2.20. The van der Waals surface area contributed by atoms with Crippen LogP contribution in [-0.4, -0.2) is 9.67 Å². The fraction of sp³-hybridized carbons (Fsp3) is 0.294. The van der Waals surface area contributed by atoms with Crippen LogP contribution in [0.1, 0.15) is 36.6 Å². The molecule has 0 bridgehead atoms. The number of nitriles is 1. The van der Waals surface area contributed by atoms with Crippen molar-refractivity contribution in [3.8, 4) is 11.9 Å². The van der Waals surface area contributed by atoms with Crippen molar-refractivity contribution in [3.63, 3.8) is 0 Å². The fourth-order valence-corrected chi connectivity index (χ4v) is 2.31. The van der Waals surface area contributed by atoms with Gasteiger partial charge in [0.1, 0.15) is 11.6 Å². The number of hydrogen-bond donors (Lipinski definition) is 1. The van der Waals surface area contributed by atoms with Gasteiger partial charge in [-0.1, -0.05) is 12.1 Å². The van der Waals surface area contributed by atoms with E-state index in [-0.39, 0.29) is 23.2 Å². The molecular weight excluding hydrogens is 292 g/mol. The second-order valence-corrected chi connectivity index (χ2v) is 5.59. The van der Waals surface area contributed by atoms with Crippen LogP contribution in [0, 0.1) is 25.2 Å². The van der Waals surface area contributed by atoms with E-state index in [9.17, 15) is 15.2 Å². The SMILES string of the molecule is Cc1cccc(N=Nc2c(C)c(C#N)c(O)n(C(C)C)c2=O)c1. The Hall–Kier alpha value is -2.94. The van der Waals surface area contributed by atoms with Crippen molar-refractivity contribution in [1.29, 1.82) is 5.26 Å². The largest absolute Gasteiger partial charge is 0.493 e. The molecule has 0 radical (unpaired) electrons. The second kappa shape index (κ2) is 6.44. The summed E-state index contributed by atoms with van der Waals surface area (Å²) in [6.07, 6.45) is 0. The maximum Gasteiger partial charge on any atom is 0.281 e. The molecule has 118 valence electrons. The number of nitrogens with zero attached hydrogens (tertiary/aromatic N) is 4. The summed E-state index contributed by atoms with van der Waals surface area (Å²) >= 11 is 0. The lowest BCUT2D eigenvalue weighted by Crippen LogP contribution is -2.23. The third-order valence-electron chi connectivity index (χ3n) is 3.50. The van der Waals surface area contributed by atoms with Crippen molar-refractivity contribution in [2.45, 2.75) is 33.7 Å². The Labute approximate surface area is 134 Å². The number of benzene rings is 1. The van der Waals surface area contributed by atoms with Gasteiger partial charge in [0.2, 0.25) is 5.88 Å². The fourth-order valence-electron chi connectivity index (χ4n) is 2.31. The van der Waals surface area contributed by atoms with E-state index in [1.165, 1.54) is 0 Å². The van der Waals surface area contributed by atoms with Crippen molar-refractivity contribution in [2.75, 3.05) is 0 Å². The summed E-state index contributed by atoms with van der Waals surface area (Å²) in [5.74, 6) is -0.334. The number of pyridine rings is 1. The first-order chi connectivity index (χ1) is 10.9. The smallest absolute Gasteiger partial charge is 0.281 e. The van der Waals surface area contributed by atoms with E-state index in [2.05, 4.69) is 10.2 Å². The molecule has 1 aromatic carbocycles. The molecule has 0 amide bonds. The van der Waals surface area contributed by atoms with Gasteiger partial charge in [-0.25, -0.2) is 0 Å². The Bertz CT molecular complexity index is 873. The van der Waals surface area contributed by atoms with Crippen LogP contribution in [0.4, 0.5) is 11.4 Å². The number of hydrogen-bond acceptors (Lipinski definition) is 5. The van der Waals surface area contributed by atoms with Crippen molar-refractivity contribution in [1.82, 2.24) is 4.57 Å². The molecule has 6 heteroatoms. The van der Waals surface area contributed by atoms with E-state index in [1.54, 1.807) is 26.8 Å². The highest BCUT2D eigenvalue weighted by Crippen LogP contribution is 2.28. The molecule has 1 N–H and O–H groups in total. The van der Waals surface area contributed by atoms with E-state index in [4.69, 9.17) is 0 Å². The molecule has 1 heterocycles. The summed E-state index contributed by atoms with van der Waals surface area (Å²) in [7, 11) is 0. The summed E-state index contributed by atoms with van der Waals surface area (Å²) in [4.78, 5) is 12.5. The van der Waals surface area contributed by atoms with Crippen molar-refractivity contribution in [2.24, 2.45) is 10.2 Å². The summed E-state index contributed by atoms with van der Waals surface area (Å²) in [6.45, 7) is 7.01. The standard InChI is InChI=1S/C17H18N4O2/c1-10(2)21-16(22)14(9-18)12(4)15(17(21)23)20-19-13-7-5-6-11(3)8-13/h5-8,10,22H,1-4H3. The first-order valence-electron chi connectivity index (χ1n) is 7.23. The molecule has 0 aliphatic heterocycles. The van der Waals surface area contributed by atoms with Crippen LogP contribution in [-0.2, 0) is 0 Å². The van der Waals surface area contributed by atoms with Crippen molar-refractivity contribution < 1.29 is 5.11 Å². The van der Waals surface area contributed by atoms with Gasteiger partial charge in [0.15, 0.2) is 5.69 Å². The Morgan fingerprint density at radius 2 is 1.96 bits per heavy atom. The molecule has 2 aromatic rings. The Morgan fingerprint density at radius 3 is 2.52 bits per heavy atom. The van der Waals surface area contributed by atoms with E-state index in [0.29, 0.717) is 11.3 Å². The van der Waals surface area contributed by atoms with Gasteiger partial charge in [-0.2, -0.15) is 10.4 Å². The maximum absolute atomic E-state index is 12.5. The molecule has 0 spiro atoms. The number of aromatic hydroxyl groups is 1. The van der Waals surface area contributed by atoms with Crippen LogP contribution >= 0.6 is 0 Å². The van der Waals surface area contributed by atoms with Crippen LogP contribution in [0.2, 0.25) is 0 Å². The van der Waals surface area contributed by atoms with Crippen molar-refractivity contribution in [3.05, 3.63) is 51.3 Å². The van der Waals surface area contributed by atoms with Gasteiger partial charge in [-0.3, -0.25) is 9.36 Å². The van der Waals surface area contributed by atoms with Gasteiger partial charge in [-0.05, 0) is 45.4 Å². The number of aryl methyl sites for hydroxylation is 1. The minimum atomic E-state index is -0.467. The predicted octanol–water partition coefficient (Wildman–Crippen LogP) is 4.04. The summed E-state index contributed by atoms with van der Waals surface area (Å²) < 4.78 is 1.15. The molecule has 0 atom stereocenters. The van der Waals surface area contributed by atoms with Crippen LogP contribution in [0.3, 0.4) is 0 Å². The highest BCUT2D eigenvalue weighted by molar-refractivity contribution is 5.57. The number of aromatic nitrogens is 1. The monoisotopic (exact) mass is 310 g/mol.